The Kier molecular flexibility index (Phi) is 5.15. The molecular formula is C12H19NO2. The van der Waals surface area contributed by atoms with E-state index in [0.29, 0.717) is 13.0 Å². The second kappa shape index (κ2) is 6.43. The molecule has 1 rings (SSSR count). The molecule has 2 N–H and O–H groups in total. The highest BCUT2D eigenvalue weighted by Crippen LogP contribution is 2.19. The van der Waals surface area contributed by atoms with Crippen molar-refractivity contribution in [1.82, 2.24) is 5.32 Å². The molecule has 0 saturated carbocycles. The van der Waals surface area contributed by atoms with Crippen LogP contribution in [0.25, 0.3) is 0 Å². The molecule has 0 radical (unpaired) electrons. The minimum Gasteiger partial charge on any atom is -0.493 e. The summed E-state index contributed by atoms with van der Waals surface area (Å²) in [6, 6.07) is 6.14. The van der Waals surface area contributed by atoms with E-state index in [1.807, 2.05) is 19.2 Å². The molecule has 0 saturated heterocycles. The maximum atomic E-state index is 8.67. The van der Waals surface area contributed by atoms with E-state index in [0.717, 1.165) is 17.9 Å². The van der Waals surface area contributed by atoms with Crippen molar-refractivity contribution >= 4 is 0 Å². The van der Waals surface area contributed by atoms with Gasteiger partial charge in [0.05, 0.1) is 6.61 Å². The molecule has 0 aliphatic carbocycles. The fourth-order valence-corrected chi connectivity index (χ4v) is 1.42. The summed E-state index contributed by atoms with van der Waals surface area (Å²) in [7, 11) is 1.92. The summed E-state index contributed by atoms with van der Waals surface area (Å²) in [5, 5.41) is 11.8. The molecule has 1 aromatic carbocycles. The lowest BCUT2D eigenvalue weighted by molar-refractivity contribution is 0.232. The third-order valence-electron chi connectivity index (χ3n) is 2.14. The summed E-state index contributed by atoms with van der Waals surface area (Å²) in [5.74, 6) is 0.906. The van der Waals surface area contributed by atoms with E-state index in [2.05, 4.69) is 18.3 Å². The smallest absolute Gasteiger partial charge is 0.123 e. The number of hydrogen-bond acceptors (Lipinski definition) is 3. The Labute approximate surface area is 91.1 Å². The van der Waals surface area contributed by atoms with Crippen molar-refractivity contribution in [2.24, 2.45) is 0 Å². The Balaban J connectivity index is 2.67. The lowest BCUT2D eigenvalue weighted by Crippen LogP contribution is -2.08. The molecule has 0 heterocycles. The predicted molar refractivity (Wildman–Crippen MR) is 61.1 cm³/mol. The van der Waals surface area contributed by atoms with Crippen molar-refractivity contribution in [2.45, 2.75) is 19.9 Å². The molecule has 0 amide bonds. The molecule has 3 nitrogen and oxygen atoms in total. The van der Waals surface area contributed by atoms with Crippen LogP contribution in [0.15, 0.2) is 18.2 Å². The third kappa shape index (κ3) is 3.90. The maximum Gasteiger partial charge on any atom is 0.123 e. The molecule has 3 heteroatoms. The average molecular weight is 209 g/mol. The van der Waals surface area contributed by atoms with E-state index in [1.165, 1.54) is 5.56 Å². The van der Waals surface area contributed by atoms with E-state index in [4.69, 9.17) is 9.84 Å². The number of rotatable bonds is 6. The molecule has 0 aliphatic rings. The van der Waals surface area contributed by atoms with Gasteiger partial charge in [-0.25, -0.2) is 0 Å². The van der Waals surface area contributed by atoms with Crippen LogP contribution < -0.4 is 10.1 Å². The van der Waals surface area contributed by atoms with Gasteiger partial charge < -0.3 is 15.2 Å². The number of aliphatic hydroxyl groups excluding tert-OH is 1. The van der Waals surface area contributed by atoms with Gasteiger partial charge in [-0.2, -0.15) is 0 Å². The first-order valence-electron chi connectivity index (χ1n) is 5.25. The highest BCUT2D eigenvalue weighted by atomic mass is 16.5. The van der Waals surface area contributed by atoms with E-state index in [1.54, 1.807) is 0 Å². The molecule has 0 aromatic heterocycles. The summed E-state index contributed by atoms with van der Waals surface area (Å²) in [6.45, 7) is 3.61. The Bertz CT molecular complexity index is 300. The highest BCUT2D eigenvalue weighted by molar-refractivity contribution is 5.36. The Hall–Kier alpha value is -1.06. The Morgan fingerprint density at radius 3 is 2.87 bits per heavy atom. The Morgan fingerprint density at radius 2 is 2.20 bits per heavy atom. The molecular weight excluding hydrogens is 190 g/mol. The quantitative estimate of drug-likeness (QED) is 0.697. The number of nitrogens with one attached hydrogen (secondary N) is 1. The number of hydrogen-bond donors (Lipinski definition) is 2. The van der Waals surface area contributed by atoms with Gasteiger partial charge in [-0.05, 0) is 20.0 Å². The fourth-order valence-electron chi connectivity index (χ4n) is 1.42. The van der Waals surface area contributed by atoms with Crippen LogP contribution in [-0.2, 0) is 6.54 Å². The number of aliphatic hydroxyl groups is 1. The topological polar surface area (TPSA) is 41.5 Å². The number of aryl methyl sites for hydroxylation is 1. The molecule has 0 unspecified atom stereocenters. The highest BCUT2D eigenvalue weighted by Gasteiger charge is 2.02. The molecule has 0 spiro atoms. The SMILES string of the molecule is CNCc1cc(C)ccc1OCCCO. The van der Waals surface area contributed by atoms with E-state index in [9.17, 15) is 0 Å². The van der Waals surface area contributed by atoms with E-state index >= 15 is 0 Å². The molecule has 0 aliphatic heterocycles. The first-order chi connectivity index (χ1) is 7.27. The van der Waals surface area contributed by atoms with Crippen LogP contribution in [0.3, 0.4) is 0 Å². The molecule has 0 bridgehead atoms. The summed E-state index contributed by atoms with van der Waals surface area (Å²) < 4.78 is 5.59. The van der Waals surface area contributed by atoms with Gasteiger partial charge in [-0.15, -0.1) is 0 Å². The van der Waals surface area contributed by atoms with E-state index < -0.39 is 0 Å². The first kappa shape index (κ1) is 12.0. The summed E-state index contributed by atoms with van der Waals surface area (Å²) in [6.07, 6.45) is 0.673. The van der Waals surface area contributed by atoms with Crippen LogP contribution in [-0.4, -0.2) is 25.4 Å². The van der Waals surface area contributed by atoms with Gasteiger partial charge >= 0.3 is 0 Å². The third-order valence-corrected chi connectivity index (χ3v) is 2.14. The van der Waals surface area contributed by atoms with Gasteiger partial charge in [-0.1, -0.05) is 17.7 Å². The number of benzene rings is 1. The van der Waals surface area contributed by atoms with Crippen LogP contribution in [0.2, 0.25) is 0 Å². The van der Waals surface area contributed by atoms with Gasteiger partial charge in [0, 0.05) is 25.1 Å². The monoisotopic (exact) mass is 209 g/mol. The summed E-state index contributed by atoms with van der Waals surface area (Å²) in [5.41, 5.74) is 2.39. The van der Waals surface area contributed by atoms with Crippen LogP contribution in [0.1, 0.15) is 17.5 Å². The lowest BCUT2D eigenvalue weighted by atomic mass is 10.1. The minimum absolute atomic E-state index is 0.174. The van der Waals surface area contributed by atoms with Crippen molar-refractivity contribution in [1.29, 1.82) is 0 Å². The van der Waals surface area contributed by atoms with Crippen LogP contribution in [0.5, 0.6) is 5.75 Å². The average Bonchev–Trinajstić information content (AvgIpc) is 2.22. The normalized spacial score (nSPS) is 10.3. The first-order valence-corrected chi connectivity index (χ1v) is 5.25. The minimum atomic E-state index is 0.174. The predicted octanol–water partition coefficient (Wildman–Crippen LogP) is 1.48. The van der Waals surface area contributed by atoms with Gasteiger partial charge in [0.2, 0.25) is 0 Å². The van der Waals surface area contributed by atoms with Crippen LogP contribution >= 0.6 is 0 Å². The fraction of sp³-hybridized carbons (Fsp3) is 0.500. The molecule has 84 valence electrons. The van der Waals surface area contributed by atoms with Gasteiger partial charge in [0.15, 0.2) is 0 Å². The lowest BCUT2D eigenvalue weighted by Gasteiger charge is -2.11. The molecule has 0 fully saturated rings. The second-order valence-electron chi connectivity index (χ2n) is 3.57. The van der Waals surface area contributed by atoms with Crippen LogP contribution in [0.4, 0.5) is 0 Å². The van der Waals surface area contributed by atoms with Crippen molar-refractivity contribution < 1.29 is 9.84 Å². The molecule has 0 atom stereocenters. The zero-order valence-electron chi connectivity index (χ0n) is 9.42. The van der Waals surface area contributed by atoms with Crippen molar-refractivity contribution in [3.63, 3.8) is 0 Å². The molecule has 1 aromatic rings. The number of ether oxygens (including phenoxy) is 1. The van der Waals surface area contributed by atoms with Gasteiger partial charge in [-0.3, -0.25) is 0 Å². The summed E-state index contributed by atoms with van der Waals surface area (Å²) in [4.78, 5) is 0. The molecule has 15 heavy (non-hydrogen) atoms. The van der Waals surface area contributed by atoms with Crippen LogP contribution in [0, 0.1) is 6.92 Å². The zero-order valence-corrected chi connectivity index (χ0v) is 9.42. The maximum absolute atomic E-state index is 8.67. The van der Waals surface area contributed by atoms with Crippen molar-refractivity contribution in [3.8, 4) is 5.75 Å². The van der Waals surface area contributed by atoms with E-state index in [-0.39, 0.29) is 6.61 Å². The van der Waals surface area contributed by atoms with Gasteiger partial charge in [0.1, 0.15) is 5.75 Å². The largest absolute Gasteiger partial charge is 0.493 e. The zero-order chi connectivity index (χ0) is 11.1. The van der Waals surface area contributed by atoms with Crippen molar-refractivity contribution in [2.75, 3.05) is 20.3 Å². The standard InChI is InChI=1S/C12H19NO2/c1-10-4-5-12(15-7-3-6-14)11(8-10)9-13-2/h4-5,8,13-14H,3,6-7,9H2,1-2H3. The Morgan fingerprint density at radius 1 is 1.40 bits per heavy atom. The van der Waals surface area contributed by atoms with Crippen molar-refractivity contribution in [3.05, 3.63) is 29.3 Å². The van der Waals surface area contributed by atoms with Gasteiger partial charge in [0.25, 0.3) is 0 Å². The summed E-state index contributed by atoms with van der Waals surface area (Å²) >= 11 is 0. The second-order valence-corrected chi connectivity index (χ2v) is 3.57.